The van der Waals surface area contributed by atoms with Gasteiger partial charge in [-0.05, 0) is 51.1 Å². The second-order valence-electron chi connectivity index (χ2n) is 5.52. The summed E-state index contributed by atoms with van der Waals surface area (Å²) >= 11 is 0. The van der Waals surface area contributed by atoms with Gasteiger partial charge in [0.05, 0.1) is 6.26 Å². The number of allylic oxidation sites excluding steroid dienone is 2. The number of hydrogen-bond donors (Lipinski definition) is 2. The molecule has 5 heteroatoms. The predicted molar refractivity (Wildman–Crippen MR) is 76.0 cm³/mol. The zero-order chi connectivity index (χ0) is 13.6. The highest BCUT2D eigenvalue weighted by atomic mass is 32.2. The highest BCUT2D eigenvalue weighted by molar-refractivity contribution is 7.88. The van der Waals surface area contributed by atoms with Crippen molar-refractivity contribution in [3.63, 3.8) is 0 Å². The Labute approximate surface area is 111 Å². The van der Waals surface area contributed by atoms with E-state index in [0.29, 0.717) is 12.5 Å². The largest absolute Gasteiger partial charge is 0.316 e. The van der Waals surface area contributed by atoms with E-state index in [0.717, 1.165) is 25.4 Å². The molecule has 1 rings (SSSR count). The minimum absolute atomic E-state index is 0.520. The standard InChI is InChI=1S/C13H26N2O2S/c1-11-7-12(2)9-13(8-11)10-14-5-4-6-15-18(3,16)17/h7,11,13-15H,4-6,8-10H2,1-3H3. The summed E-state index contributed by atoms with van der Waals surface area (Å²) in [7, 11) is -3.03. The van der Waals surface area contributed by atoms with E-state index in [1.807, 2.05) is 0 Å². The highest BCUT2D eigenvalue weighted by Crippen LogP contribution is 2.27. The van der Waals surface area contributed by atoms with Crippen LogP contribution in [0.1, 0.15) is 33.1 Å². The van der Waals surface area contributed by atoms with Crippen molar-refractivity contribution in [1.82, 2.24) is 10.0 Å². The smallest absolute Gasteiger partial charge is 0.208 e. The molecule has 0 heterocycles. The number of rotatable bonds is 7. The van der Waals surface area contributed by atoms with Crippen molar-refractivity contribution in [1.29, 1.82) is 0 Å². The molecule has 2 N–H and O–H groups in total. The van der Waals surface area contributed by atoms with Crippen LogP contribution in [0.25, 0.3) is 0 Å². The Kier molecular flexibility index (Phi) is 6.32. The summed E-state index contributed by atoms with van der Waals surface area (Å²) < 4.78 is 24.2. The summed E-state index contributed by atoms with van der Waals surface area (Å²) in [6, 6.07) is 0. The van der Waals surface area contributed by atoms with Gasteiger partial charge < -0.3 is 5.32 Å². The lowest BCUT2D eigenvalue weighted by molar-refractivity contribution is 0.381. The Bertz CT molecular complexity index is 376. The monoisotopic (exact) mass is 274 g/mol. The van der Waals surface area contributed by atoms with Crippen molar-refractivity contribution in [2.45, 2.75) is 33.1 Å². The summed E-state index contributed by atoms with van der Waals surface area (Å²) in [5.41, 5.74) is 1.50. The number of hydrogen-bond acceptors (Lipinski definition) is 3. The first-order valence-corrected chi connectivity index (χ1v) is 8.58. The van der Waals surface area contributed by atoms with Crippen LogP contribution in [0.4, 0.5) is 0 Å². The lowest BCUT2D eigenvalue weighted by Gasteiger charge is -2.25. The maximum atomic E-state index is 10.8. The van der Waals surface area contributed by atoms with Crippen molar-refractivity contribution < 1.29 is 8.42 Å². The van der Waals surface area contributed by atoms with Crippen LogP contribution >= 0.6 is 0 Å². The molecule has 0 spiro atoms. The van der Waals surface area contributed by atoms with Gasteiger partial charge in [0.15, 0.2) is 0 Å². The Balaban J connectivity index is 2.07. The first kappa shape index (κ1) is 15.7. The van der Waals surface area contributed by atoms with E-state index in [1.165, 1.54) is 24.7 Å². The molecule has 0 saturated carbocycles. The van der Waals surface area contributed by atoms with Gasteiger partial charge in [-0.1, -0.05) is 18.6 Å². The molecule has 0 aromatic rings. The third kappa shape index (κ3) is 7.13. The third-order valence-corrected chi connectivity index (χ3v) is 3.94. The molecule has 18 heavy (non-hydrogen) atoms. The van der Waals surface area contributed by atoms with Crippen molar-refractivity contribution in [2.24, 2.45) is 11.8 Å². The van der Waals surface area contributed by atoms with E-state index < -0.39 is 10.0 Å². The predicted octanol–water partition coefficient (Wildman–Crippen LogP) is 1.51. The van der Waals surface area contributed by atoms with E-state index in [-0.39, 0.29) is 0 Å². The van der Waals surface area contributed by atoms with Crippen molar-refractivity contribution in [3.8, 4) is 0 Å². The minimum atomic E-state index is -3.03. The lowest BCUT2D eigenvalue weighted by Crippen LogP contribution is -2.30. The van der Waals surface area contributed by atoms with E-state index in [2.05, 4.69) is 30.0 Å². The molecule has 0 bridgehead atoms. The van der Waals surface area contributed by atoms with Crippen LogP contribution in [0.3, 0.4) is 0 Å². The maximum absolute atomic E-state index is 10.8. The molecule has 0 fully saturated rings. The minimum Gasteiger partial charge on any atom is -0.316 e. The fraction of sp³-hybridized carbons (Fsp3) is 0.846. The Morgan fingerprint density at radius 3 is 2.72 bits per heavy atom. The van der Waals surface area contributed by atoms with Crippen LogP contribution in [0.15, 0.2) is 11.6 Å². The molecule has 2 atom stereocenters. The lowest BCUT2D eigenvalue weighted by atomic mass is 9.84. The maximum Gasteiger partial charge on any atom is 0.208 e. The van der Waals surface area contributed by atoms with Gasteiger partial charge in [-0.2, -0.15) is 0 Å². The fourth-order valence-corrected chi connectivity index (χ4v) is 3.13. The molecule has 106 valence electrons. The van der Waals surface area contributed by atoms with Gasteiger partial charge in [-0.15, -0.1) is 0 Å². The fourth-order valence-electron chi connectivity index (χ4n) is 2.62. The average Bonchev–Trinajstić information content (AvgIpc) is 2.20. The van der Waals surface area contributed by atoms with Crippen molar-refractivity contribution in [3.05, 3.63) is 11.6 Å². The number of sulfonamides is 1. The first-order chi connectivity index (χ1) is 8.37. The van der Waals surface area contributed by atoms with Crippen LogP contribution in [-0.4, -0.2) is 34.3 Å². The van der Waals surface area contributed by atoms with Gasteiger partial charge in [0, 0.05) is 6.54 Å². The summed E-state index contributed by atoms with van der Waals surface area (Å²) in [4.78, 5) is 0. The molecule has 0 saturated heterocycles. The van der Waals surface area contributed by atoms with Crippen LogP contribution in [0.5, 0.6) is 0 Å². The Hall–Kier alpha value is -0.390. The molecule has 0 amide bonds. The quantitative estimate of drug-likeness (QED) is 0.546. The second kappa shape index (κ2) is 7.26. The van der Waals surface area contributed by atoms with Crippen LogP contribution in [0, 0.1) is 11.8 Å². The molecule has 1 aliphatic rings. The van der Waals surface area contributed by atoms with E-state index in [1.54, 1.807) is 0 Å². The Morgan fingerprint density at radius 1 is 1.39 bits per heavy atom. The molecule has 0 aromatic heterocycles. The van der Waals surface area contributed by atoms with Crippen LogP contribution in [0.2, 0.25) is 0 Å². The van der Waals surface area contributed by atoms with Gasteiger partial charge in [0.25, 0.3) is 0 Å². The first-order valence-electron chi connectivity index (χ1n) is 6.69. The molecule has 2 unspecified atom stereocenters. The molecule has 4 nitrogen and oxygen atoms in total. The molecule has 0 aromatic carbocycles. The van der Waals surface area contributed by atoms with Gasteiger partial charge in [0.1, 0.15) is 0 Å². The van der Waals surface area contributed by atoms with Gasteiger partial charge in [-0.3, -0.25) is 0 Å². The summed E-state index contributed by atoms with van der Waals surface area (Å²) in [6.07, 6.45) is 6.85. The van der Waals surface area contributed by atoms with E-state index in [4.69, 9.17) is 0 Å². The van der Waals surface area contributed by atoms with Gasteiger partial charge in [-0.25, -0.2) is 13.1 Å². The van der Waals surface area contributed by atoms with E-state index >= 15 is 0 Å². The highest BCUT2D eigenvalue weighted by Gasteiger charge is 2.17. The number of nitrogens with one attached hydrogen (secondary N) is 2. The molecule has 0 radical (unpaired) electrons. The average molecular weight is 274 g/mol. The SMILES string of the molecule is CC1=CC(C)CC(CNCCCNS(C)(=O)=O)C1. The van der Waals surface area contributed by atoms with Crippen LogP contribution in [-0.2, 0) is 10.0 Å². The third-order valence-electron chi connectivity index (χ3n) is 3.21. The van der Waals surface area contributed by atoms with E-state index in [9.17, 15) is 8.42 Å². The molecule has 0 aliphatic heterocycles. The van der Waals surface area contributed by atoms with Gasteiger partial charge >= 0.3 is 0 Å². The molecule has 1 aliphatic carbocycles. The molecular formula is C13H26N2O2S. The van der Waals surface area contributed by atoms with Crippen LogP contribution < -0.4 is 10.0 Å². The van der Waals surface area contributed by atoms with Crippen molar-refractivity contribution in [2.75, 3.05) is 25.9 Å². The molecular weight excluding hydrogens is 248 g/mol. The van der Waals surface area contributed by atoms with Gasteiger partial charge in [0.2, 0.25) is 10.0 Å². The zero-order valence-corrected chi connectivity index (χ0v) is 12.5. The Morgan fingerprint density at radius 2 is 2.11 bits per heavy atom. The summed E-state index contributed by atoms with van der Waals surface area (Å²) in [5.74, 6) is 1.42. The van der Waals surface area contributed by atoms with Crippen molar-refractivity contribution >= 4 is 10.0 Å². The summed E-state index contributed by atoms with van der Waals surface area (Å²) in [6.45, 7) is 6.90. The normalized spacial score (nSPS) is 24.9. The zero-order valence-electron chi connectivity index (χ0n) is 11.7. The summed E-state index contributed by atoms with van der Waals surface area (Å²) in [5, 5.41) is 3.42. The second-order valence-corrected chi connectivity index (χ2v) is 7.35. The topological polar surface area (TPSA) is 58.2 Å².